The topological polar surface area (TPSA) is 95.9 Å². The van der Waals surface area contributed by atoms with Crippen molar-refractivity contribution in [3.05, 3.63) is 59.7 Å². The predicted molar refractivity (Wildman–Crippen MR) is 119 cm³/mol. The van der Waals surface area contributed by atoms with Gasteiger partial charge in [0.25, 0.3) is 0 Å². The third-order valence-corrected chi connectivity index (χ3v) is 6.73. The lowest BCUT2D eigenvalue weighted by atomic mass is 9.98. The molecule has 2 aromatic carbocycles. The van der Waals surface area contributed by atoms with Crippen LogP contribution in [0.3, 0.4) is 0 Å². The second-order valence-electron chi connectivity index (χ2n) is 8.64. The molecule has 2 aliphatic rings. The molecule has 2 amide bonds. The molecule has 1 fully saturated rings. The number of amides is 2. The van der Waals surface area contributed by atoms with Crippen LogP contribution in [-0.2, 0) is 14.3 Å². The van der Waals surface area contributed by atoms with Crippen molar-refractivity contribution in [2.24, 2.45) is 5.92 Å². The second-order valence-corrected chi connectivity index (χ2v) is 8.64. The zero-order chi connectivity index (χ0) is 22.8. The van der Waals surface area contributed by atoms with Crippen LogP contribution >= 0.6 is 0 Å². The number of ether oxygens (including phenoxy) is 1. The first-order chi connectivity index (χ1) is 15.4. The Hall–Kier alpha value is -3.35. The number of hydrogen-bond acceptors (Lipinski definition) is 4. The van der Waals surface area contributed by atoms with Gasteiger partial charge in [0.15, 0.2) is 0 Å². The molecule has 0 bridgehead atoms. The molecule has 0 heterocycles. The van der Waals surface area contributed by atoms with Gasteiger partial charge < -0.3 is 20.1 Å². The van der Waals surface area contributed by atoms with E-state index in [9.17, 15) is 14.4 Å². The van der Waals surface area contributed by atoms with E-state index in [0.29, 0.717) is 19.3 Å². The van der Waals surface area contributed by atoms with E-state index in [1.807, 2.05) is 24.3 Å². The Morgan fingerprint density at radius 3 is 2.25 bits per heavy atom. The molecule has 0 aromatic heterocycles. The van der Waals surface area contributed by atoms with E-state index in [-0.39, 0.29) is 30.4 Å². The third-order valence-electron chi connectivity index (χ3n) is 6.73. The van der Waals surface area contributed by atoms with Gasteiger partial charge in [-0.3, -0.25) is 4.79 Å². The Kier molecular flexibility index (Phi) is 6.17. The van der Waals surface area contributed by atoms with Gasteiger partial charge in [-0.25, -0.2) is 9.59 Å². The van der Waals surface area contributed by atoms with Crippen LogP contribution in [-0.4, -0.2) is 53.7 Å². The summed E-state index contributed by atoms with van der Waals surface area (Å²) in [5.41, 5.74) is 4.66. The molecule has 2 aromatic rings. The minimum atomic E-state index is -1.04. The summed E-state index contributed by atoms with van der Waals surface area (Å²) in [6, 6.07) is 15.3. The summed E-state index contributed by atoms with van der Waals surface area (Å²) in [4.78, 5) is 37.5. The second kappa shape index (κ2) is 9.02. The van der Waals surface area contributed by atoms with Crippen LogP contribution in [0.25, 0.3) is 11.1 Å². The number of alkyl carbamates (subject to hydrolysis) is 1. The molecule has 4 rings (SSSR count). The molecule has 3 atom stereocenters. The Labute approximate surface area is 187 Å². The number of carboxylic acid groups (broad SMARTS) is 1. The van der Waals surface area contributed by atoms with E-state index >= 15 is 0 Å². The lowest BCUT2D eigenvalue weighted by Crippen LogP contribution is -2.43. The summed E-state index contributed by atoms with van der Waals surface area (Å²) in [7, 11) is 1.51. The molecule has 0 saturated heterocycles. The summed E-state index contributed by atoms with van der Waals surface area (Å²) in [5, 5.41) is 12.0. The lowest BCUT2D eigenvalue weighted by Gasteiger charge is -2.24. The average molecular weight is 437 g/mol. The number of rotatable bonds is 6. The van der Waals surface area contributed by atoms with Crippen LogP contribution in [0.5, 0.6) is 0 Å². The number of nitrogens with zero attached hydrogens (tertiary/aromatic N) is 1. The zero-order valence-electron chi connectivity index (χ0n) is 18.3. The smallest absolute Gasteiger partial charge is 0.407 e. The molecule has 0 aliphatic heterocycles. The Morgan fingerprint density at radius 1 is 1.06 bits per heavy atom. The van der Waals surface area contributed by atoms with Crippen molar-refractivity contribution in [2.75, 3.05) is 13.7 Å². The number of likely N-dealkylation sites (N-methyl/N-ethyl adjacent to an activating group) is 1. The Morgan fingerprint density at radius 2 is 1.66 bits per heavy atom. The van der Waals surface area contributed by atoms with Gasteiger partial charge in [0.2, 0.25) is 5.91 Å². The SMILES string of the molecule is C[C@@H](C(=O)O)N(C)C(=O)[C@H]1CC[C@@H](NC(=O)OCC2c3ccccc3-c3ccccc32)C1. The Balaban J connectivity index is 1.32. The van der Waals surface area contributed by atoms with Gasteiger partial charge in [-0.15, -0.1) is 0 Å². The molecule has 7 nitrogen and oxygen atoms in total. The standard InChI is InChI=1S/C25H28N2O5/c1-15(24(29)30)27(2)23(28)16-11-12-17(13-16)26-25(31)32-14-22-20-9-5-3-7-18(20)19-8-4-6-10-21(19)22/h3-10,15-17,22H,11-14H2,1-2H3,(H,26,31)(H,29,30)/t15-,16-,17+/m0/s1. The highest BCUT2D eigenvalue weighted by Crippen LogP contribution is 2.44. The summed E-state index contributed by atoms with van der Waals surface area (Å²) >= 11 is 0. The van der Waals surface area contributed by atoms with Crippen molar-refractivity contribution in [3.63, 3.8) is 0 Å². The van der Waals surface area contributed by atoms with Gasteiger partial charge in [0.1, 0.15) is 12.6 Å². The van der Waals surface area contributed by atoms with Gasteiger partial charge in [-0.05, 0) is 48.4 Å². The molecule has 32 heavy (non-hydrogen) atoms. The van der Waals surface area contributed by atoms with Crippen molar-refractivity contribution in [1.29, 1.82) is 0 Å². The maximum absolute atomic E-state index is 12.6. The number of carbonyl (C=O) groups is 3. The molecule has 168 valence electrons. The number of fused-ring (bicyclic) bond motifs is 3. The van der Waals surface area contributed by atoms with Crippen LogP contribution in [0.1, 0.15) is 43.2 Å². The summed E-state index contributed by atoms with van der Waals surface area (Å²) in [5.74, 6) is -1.53. The molecule has 1 saturated carbocycles. The molecule has 2 aliphatic carbocycles. The zero-order valence-corrected chi connectivity index (χ0v) is 18.3. The molecule has 0 unspecified atom stereocenters. The first kappa shape index (κ1) is 21.9. The highest BCUT2D eigenvalue weighted by molar-refractivity contribution is 5.85. The van der Waals surface area contributed by atoms with Crippen molar-refractivity contribution < 1.29 is 24.2 Å². The van der Waals surface area contributed by atoms with Crippen LogP contribution in [0.4, 0.5) is 4.79 Å². The van der Waals surface area contributed by atoms with E-state index in [2.05, 4.69) is 29.6 Å². The molecular formula is C25H28N2O5. The third kappa shape index (κ3) is 4.20. The number of hydrogen-bond donors (Lipinski definition) is 2. The van der Waals surface area contributed by atoms with Crippen molar-refractivity contribution in [2.45, 2.75) is 44.2 Å². The van der Waals surface area contributed by atoms with Gasteiger partial charge in [-0.2, -0.15) is 0 Å². The molecule has 2 N–H and O–H groups in total. The fraction of sp³-hybridized carbons (Fsp3) is 0.400. The minimum Gasteiger partial charge on any atom is -0.480 e. The van der Waals surface area contributed by atoms with Crippen molar-refractivity contribution >= 4 is 18.0 Å². The van der Waals surface area contributed by atoms with Gasteiger partial charge in [0.05, 0.1) is 0 Å². The molecule has 7 heteroatoms. The van der Waals surface area contributed by atoms with Crippen molar-refractivity contribution in [3.8, 4) is 11.1 Å². The summed E-state index contributed by atoms with van der Waals surface area (Å²) in [6.45, 7) is 1.73. The van der Waals surface area contributed by atoms with Crippen LogP contribution in [0.2, 0.25) is 0 Å². The highest BCUT2D eigenvalue weighted by Gasteiger charge is 2.35. The number of benzene rings is 2. The largest absolute Gasteiger partial charge is 0.480 e. The number of carbonyl (C=O) groups excluding carboxylic acids is 2. The highest BCUT2D eigenvalue weighted by atomic mass is 16.5. The first-order valence-corrected chi connectivity index (χ1v) is 11.0. The maximum Gasteiger partial charge on any atom is 0.407 e. The van der Waals surface area contributed by atoms with E-state index in [1.165, 1.54) is 30.0 Å². The fourth-order valence-corrected chi connectivity index (χ4v) is 4.79. The summed E-state index contributed by atoms with van der Waals surface area (Å²) in [6.07, 6.45) is 1.27. The van der Waals surface area contributed by atoms with Gasteiger partial charge >= 0.3 is 12.1 Å². The van der Waals surface area contributed by atoms with E-state index in [4.69, 9.17) is 9.84 Å². The Bertz CT molecular complexity index is 991. The number of carboxylic acids is 1. The first-order valence-electron chi connectivity index (χ1n) is 11.0. The lowest BCUT2D eigenvalue weighted by molar-refractivity contribution is -0.149. The number of aliphatic carboxylic acids is 1. The quantitative estimate of drug-likeness (QED) is 0.721. The average Bonchev–Trinajstić information content (AvgIpc) is 3.38. The normalized spacial score (nSPS) is 20.2. The van der Waals surface area contributed by atoms with Crippen LogP contribution < -0.4 is 5.32 Å². The van der Waals surface area contributed by atoms with E-state index in [1.54, 1.807) is 0 Å². The number of nitrogens with one attached hydrogen (secondary N) is 1. The van der Waals surface area contributed by atoms with E-state index < -0.39 is 18.1 Å². The molecule has 0 spiro atoms. The predicted octanol–water partition coefficient (Wildman–Crippen LogP) is 3.63. The van der Waals surface area contributed by atoms with Gasteiger partial charge in [0, 0.05) is 24.9 Å². The van der Waals surface area contributed by atoms with Crippen LogP contribution in [0, 0.1) is 5.92 Å². The summed E-state index contributed by atoms with van der Waals surface area (Å²) < 4.78 is 5.59. The van der Waals surface area contributed by atoms with Crippen molar-refractivity contribution in [1.82, 2.24) is 10.2 Å². The molecular weight excluding hydrogens is 408 g/mol. The van der Waals surface area contributed by atoms with E-state index in [0.717, 1.165) is 11.1 Å². The van der Waals surface area contributed by atoms with Crippen LogP contribution in [0.15, 0.2) is 48.5 Å². The molecule has 0 radical (unpaired) electrons. The maximum atomic E-state index is 12.6. The van der Waals surface area contributed by atoms with Gasteiger partial charge in [-0.1, -0.05) is 48.5 Å². The minimum absolute atomic E-state index is 0.00258. The monoisotopic (exact) mass is 436 g/mol. The fourth-order valence-electron chi connectivity index (χ4n) is 4.79.